The fourth-order valence-corrected chi connectivity index (χ4v) is 7.88. The van der Waals surface area contributed by atoms with Gasteiger partial charge in [-0.2, -0.15) is 0 Å². The van der Waals surface area contributed by atoms with Gasteiger partial charge < -0.3 is 14.6 Å². The third-order valence-corrected chi connectivity index (χ3v) is 10.9. The summed E-state index contributed by atoms with van der Waals surface area (Å²) in [7, 11) is 1.44. The highest BCUT2D eigenvalue weighted by Gasteiger charge is 2.74. The van der Waals surface area contributed by atoms with Crippen molar-refractivity contribution in [1.82, 2.24) is 0 Å². The Morgan fingerprint density at radius 2 is 1.47 bits per heavy atom. The minimum absolute atomic E-state index is 0.00906. The van der Waals surface area contributed by atoms with E-state index >= 15 is 9.59 Å². The standard InChI is InChI=1S/C39H52O6/c1-23(2)12-15-27-21-38-22-28(16-13-24(3)4)37(9,10)45-34(38)31(32(41)26-14-17-30(44-11)29(40)20-26)33(42)39(35(38)43,36(27,7)8)19-18-25(5)6/h12-14,17-18,20,27-28,40H,15-16,19,21-22H2,1-11H3/t27-,28+,38+,39?/m1/s1. The second-order valence-corrected chi connectivity index (χ2v) is 15.3. The molecule has 6 heteroatoms. The number of phenolic OH excluding ortho intramolecular Hbond substituents is 1. The lowest BCUT2D eigenvalue weighted by Crippen LogP contribution is -2.69. The first-order valence-corrected chi connectivity index (χ1v) is 16.2. The highest BCUT2D eigenvalue weighted by atomic mass is 16.5. The molecule has 244 valence electrons. The summed E-state index contributed by atoms with van der Waals surface area (Å²) >= 11 is 0. The average molecular weight is 617 g/mol. The molecule has 1 aliphatic heterocycles. The second kappa shape index (κ2) is 12.1. The van der Waals surface area contributed by atoms with Crippen LogP contribution in [0.25, 0.3) is 0 Å². The molecule has 1 aromatic rings. The summed E-state index contributed by atoms with van der Waals surface area (Å²) in [5.41, 5.74) is -0.607. The SMILES string of the molecule is COc1ccc(C(=O)C2=C3OC(C)(C)[C@@H](CC=C(C)C)C[C@@]34C[C@@H](CC=C(C)C)C(C)(C)C(CC=C(C)C)(C2=O)C4=O)cc1O. The van der Waals surface area contributed by atoms with Crippen molar-refractivity contribution in [2.75, 3.05) is 7.11 Å². The Labute approximate surface area is 269 Å². The largest absolute Gasteiger partial charge is 0.504 e. The number of Topliss-reactive ketones (excluding diaryl/α,β-unsaturated/α-hetero) is 3. The van der Waals surface area contributed by atoms with Gasteiger partial charge in [0.25, 0.3) is 0 Å². The molecule has 45 heavy (non-hydrogen) atoms. The molecule has 1 saturated carbocycles. The van der Waals surface area contributed by atoms with E-state index in [-0.39, 0.29) is 52.4 Å². The van der Waals surface area contributed by atoms with Crippen LogP contribution in [0.3, 0.4) is 0 Å². The van der Waals surface area contributed by atoms with Crippen molar-refractivity contribution in [3.63, 3.8) is 0 Å². The average Bonchev–Trinajstić information content (AvgIpc) is 2.93. The summed E-state index contributed by atoms with van der Waals surface area (Å²) in [5.74, 6) is -0.893. The van der Waals surface area contributed by atoms with Crippen LogP contribution in [0, 0.1) is 28.1 Å². The number of allylic oxidation sites excluding steroid dienone is 8. The quantitative estimate of drug-likeness (QED) is 0.129. The van der Waals surface area contributed by atoms with Gasteiger partial charge in [0.1, 0.15) is 22.3 Å². The number of hydrogen-bond donors (Lipinski definition) is 1. The van der Waals surface area contributed by atoms with Gasteiger partial charge in [0.15, 0.2) is 28.8 Å². The number of ketones is 3. The molecule has 1 unspecified atom stereocenters. The molecule has 1 N–H and O–H groups in total. The molecule has 2 aliphatic carbocycles. The molecule has 4 rings (SSSR count). The Kier molecular flexibility index (Phi) is 9.25. The van der Waals surface area contributed by atoms with E-state index in [1.807, 2.05) is 47.6 Å². The molecule has 6 nitrogen and oxygen atoms in total. The number of aromatic hydroxyl groups is 1. The van der Waals surface area contributed by atoms with E-state index in [4.69, 9.17) is 9.47 Å². The van der Waals surface area contributed by atoms with Crippen LogP contribution >= 0.6 is 0 Å². The van der Waals surface area contributed by atoms with Gasteiger partial charge in [0.05, 0.1) is 12.5 Å². The number of rotatable bonds is 9. The summed E-state index contributed by atoms with van der Waals surface area (Å²) in [6, 6.07) is 4.40. The highest BCUT2D eigenvalue weighted by Crippen LogP contribution is 2.69. The number of phenols is 1. The molecule has 0 aromatic heterocycles. The van der Waals surface area contributed by atoms with Gasteiger partial charge in [-0.15, -0.1) is 0 Å². The Hall–Kier alpha value is -3.41. The van der Waals surface area contributed by atoms with Gasteiger partial charge >= 0.3 is 0 Å². The van der Waals surface area contributed by atoms with Gasteiger partial charge in [-0.3, -0.25) is 14.4 Å². The minimum Gasteiger partial charge on any atom is -0.504 e. The van der Waals surface area contributed by atoms with E-state index in [9.17, 15) is 9.90 Å². The molecule has 1 aromatic carbocycles. The first kappa shape index (κ1) is 34.5. The maximum Gasteiger partial charge on any atom is 0.200 e. The van der Waals surface area contributed by atoms with Crippen LogP contribution < -0.4 is 4.74 Å². The summed E-state index contributed by atoms with van der Waals surface area (Å²) in [5, 5.41) is 10.6. The normalized spacial score (nSPS) is 28.0. The first-order valence-electron chi connectivity index (χ1n) is 16.2. The van der Waals surface area contributed by atoms with Gasteiger partial charge in [-0.1, -0.05) is 48.8 Å². The Bertz CT molecular complexity index is 1520. The van der Waals surface area contributed by atoms with Crippen molar-refractivity contribution in [2.45, 2.75) is 107 Å². The molecule has 1 heterocycles. The zero-order valence-electron chi connectivity index (χ0n) is 29.1. The first-order chi connectivity index (χ1) is 20.9. The van der Waals surface area contributed by atoms with Crippen molar-refractivity contribution in [3.05, 3.63) is 70.0 Å². The summed E-state index contributed by atoms with van der Waals surface area (Å²) < 4.78 is 12.1. The van der Waals surface area contributed by atoms with E-state index in [2.05, 4.69) is 39.8 Å². The lowest BCUT2D eigenvalue weighted by atomic mass is 9.39. The van der Waals surface area contributed by atoms with Crippen molar-refractivity contribution in [2.24, 2.45) is 28.1 Å². The maximum absolute atomic E-state index is 15.4. The molecular formula is C39H52O6. The Morgan fingerprint density at radius 1 is 0.911 bits per heavy atom. The Morgan fingerprint density at radius 3 is 2.00 bits per heavy atom. The van der Waals surface area contributed by atoms with Crippen molar-refractivity contribution in [3.8, 4) is 11.5 Å². The predicted octanol–water partition coefficient (Wildman–Crippen LogP) is 8.89. The molecule has 1 saturated heterocycles. The van der Waals surface area contributed by atoms with Crippen LogP contribution in [-0.4, -0.2) is 35.2 Å². The lowest BCUT2D eigenvalue weighted by Gasteiger charge is -2.64. The van der Waals surface area contributed by atoms with Crippen LogP contribution in [0.4, 0.5) is 0 Å². The van der Waals surface area contributed by atoms with Gasteiger partial charge in [0, 0.05) is 11.5 Å². The zero-order chi connectivity index (χ0) is 33.7. The second-order valence-electron chi connectivity index (χ2n) is 15.3. The van der Waals surface area contributed by atoms with Gasteiger partial charge in [-0.25, -0.2) is 0 Å². The van der Waals surface area contributed by atoms with Crippen molar-refractivity contribution >= 4 is 17.3 Å². The number of methoxy groups -OCH3 is 1. The van der Waals surface area contributed by atoms with Crippen molar-refractivity contribution < 1.29 is 29.0 Å². The maximum atomic E-state index is 15.4. The molecule has 3 aliphatic rings. The van der Waals surface area contributed by atoms with E-state index in [1.165, 1.54) is 30.4 Å². The number of benzene rings is 1. The third-order valence-electron chi connectivity index (χ3n) is 10.9. The fraction of sp³-hybridized carbons (Fsp3) is 0.564. The van der Waals surface area contributed by atoms with Crippen molar-refractivity contribution in [1.29, 1.82) is 0 Å². The molecule has 1 spiro atoms. The number of fused-ring (bicyclic) bond motifs is 1. The summed E-state index contributed by atoms with van der Waals surface area (Å²) in [6.07, 6.45) is 9.03. The topological polar surface area (TPSA) is 89.9 Å². The van der Waals surface area contributed by atoms with Crippen LogP contribution in [-0.2, 0) is 14.3 Å². The molecular weight excluding hydrogens is 564 g/mol. The van der Waals surface area contributed by atoms with Crippen LogP contribution in [0.5, 0.6) is 11.5 Å². The molecule has 2 fully saturated rings. The predicted molar refractivity (Wildman–Crippen MR) is 178 cm³/mol. The van der Waals surface area contributed by atoms with Crippen LogP contribution in [0.1, 0.15) is 112 Å². The van der Waals surface area contributed by atoms with Gasteiger partial charge in [-0.05, 0) is 117 Å². The zero-order valence-corrected chi connectivity index (χ0v) is 29.1. The van der Waals surface area contributed by atoms with Crippen LogP contribution in [0.2, 0.25) is 0 Å². The number of carbonyl (C=O) groups is 3. The highest BCUT2D eigenvalue weighted by molar-refractivity contribution is 6.35. The number of hydrogen-bond acceptors (Lipinski definition) is 6. The molecule has 4 atom stereocenters. The number of carbonyl (C=O) groups excluding carboxylic acids is 3. The van der Waals surface area contributed by atoms with E-state index in [0.717, 1.165) is 18.4 Å². The monoisotopic (exact) mass is 616 g/mol. The van der Waals surface area contributed by atoms with Crippen LogP contribution in [0.15, 0.2) is 64.5 Å². The summed E-state index contributed by atoms with van der Waals surface area (Å²) in [4.78, 5) is 45.2. The third kappa shape index (κ3) is 5.63. The summed E-state index contributed by atoms with van der Waals surface area (Å²) in [6.45, 7) is 20.3. The van der Waals surface area contributed by atoms with E-state index < -0.39 is 33.4 Å². The molecule has 2 bridgehead atoms. The van der Waals surface area contributed by atoms with E-state index in [1.54, 1.807) is 6.07 Å². The molecule has 0 amide bonds. The van der Waals surface area contributed by atoms with Gasteiger partial charge in [0.2, 0.25) is 0 Å². The number of ether oxygens (including phenoxy) is 2. The van der Waals surface area contributed by atoms with E-state index in [0.29, 0.717) is 12.8 Å². The molecule has 0 radical (unpaired) electrons. The smallest absolute Gasteiger partial charge is 0.200 e. The minimum atomic E-state index is -1.46. The lowest BCUT2D eigenvalue weighted by molar-refractivity contribution is -0.188. The Balaban J connectivity index is 2.09. The fourth-order valence-electron chi connectivity index (χ4n) is 7.88.